The molecule has 1 aliphatic heterocycles. The third kappa shape index (κ3) is 5.52. The normalized spacial score (nSPS) is 24.7. The van der Waals surface area contributed by atoms with Crippen LogP contribution in [0.5, 0.6) is 0 Å². The molecule has 1 saturated heterocycles. The highest BCUT2D eigenvalue weighted by atomic mass is 32.2. The second kappa shape index (κ2) is 5.20. The number of ether oxygens (including phenoxy) is 2. The summed E-state index contributed by atoms with van der Waals surface area (Å²) in [7, 11) is 0. The van der Waals surface area contributed by atoms with Gasteiger partial charge in [0.05, 0.1) is 12.7 Å². The fraction of sp³-hybridized carbons (Fsp3) is 1.00. The van der Waals surface area contributed by atoms with Crippen molar-refractivity contribution < 1.29 is 9.47 Å². The quantitative estimate of drug-likeness (QED) is 0.749. The molecule has 13 heavy (non-hydrogen) atoms. The fourth-order valence-electron chi connectivity index (χ4n) is 1.09. The Labute approximate surface area is 84.3 Å². The summed E-state index contributed by atoms with van der Waals surface area (Å²) >= 11 is 1.86. The lowest BCUT2D eigenvalue weighted by molar-refractivity contribution is -0.130. The van der Waals surface area contributed by atoms with Crippen molar-refractivity contribution >= 4 is 11.8 Å². The molecule has 1 rings (SSSR count). The molecule has 0 amide bonds. The van der Waals surface area contributed by atoms with E-state index in [0.717, 1.165) is 24.5 Å². The summed E-state index contributed by atoms with van der Waals surface area (Å²) in [6.45, 7) is 5.38. The maximum Gasteiger partial charge on any atom is 0.147 e. The van der Waals surface area contributed by atoms with E-state index in [9.17, 15) is 0 Å². The molecule has 1 atom stereocenters. The summed E-state index contributed by atoms with van der Waals surface area (Å²) in [4.78, 5) is 0. The zero-order valence-corrected chi connectivity index (χ0v) is 9.23. The fourth-order valence-corrected chi connectivity index (χ4v) is 2.26. The van der Waals surface area contributed by atoms with Crippen LogP contribution in [0.15, 0.2) is 0 Å². The van der Waals surface area contributed by atoms with Crippen LogP contribution >= 0.6 is 11.8 Å². The van der Waals surface area contributed by atoms with Crippen molar-refractivity contribution in [3.8, 4) is 0 Å². The van der Waals surface area contributed by atoms with Crippen molar-refractivity contribution in [2.24, 2.45) is 5.73 Å². The molecule has 3 nitrogen and oxygen atoms in total. The summed E-state index contributed by atoms with van der Waals surface area (Å²) < 4.78 is 10.5. The summed E-state index contributed by atoms with van der Waals surface area (Å²) in [6.07, 6.45) is 1.37. The molecule has 0 aromatic carbocycles. The van der Waals surface area contributed by atoms with E-state index in [0.29, 0.717) is 12.9 Å². The minimum absolute atomic E-state index is 0.0736. The van der Waals surface area contributed by atoms with Gasteiger partial charge in [0.2, 0.25) is 0 Å². The van der Waals surface area contributed by atoms with Crippen molar-refractivity contribution in [1.82, 2.24) is 0 Å². The standard InChI is InChI=1S/C9H19NO2S/c1-9(2,10)6-13-5-8-3-4-11-7-12-8/h8H,3-7,10H2,1-2H3. The molecular weight excluding hydrogens is 186 g/mol. The molecule has 0 aromatic rings. The van der Waals surface area contributed by atoms with Gasteiger partial charge < -0.3 is 15.2 Å². The molecule has 0 saturated carbocycles. The monoisotopic (exact) mass is 205 g/mol. The van der Waals surface area contributed by atoms with Gasteiger partial charge in [-0.05, 0) is 20.3 Å². The first-order valence-electron chi connectivity index (χ1n) is 4.64. The molecule has 0 aliphatic carbocycles. The predicted molar refractivity (Wildman–Crippen MR) is 55.9 cm³/mol. The highest BCUT2D eigenvalue weighted by Gasteiger charge is 2.16. The van der Waals surface area contributed by atoms with Crippen molar-refractivity contribution in [2.45, 2.75) is 31.9 Å². The summed E-state index contributed by atoms with van der Waals surface area (Å²) in [6, 6.07) is 0. The van der Waals surface area contributed by atoms with Crippen LogP contribution in [0.2, 0.25) is 0 Å². The second-order valence-electron chi connectivity index (χ2n) is 4.11. The van der Waals surface area contributed by atoms with Gasteiger partial charge in [0.1, 0.15) is 6.79 Å². The van der Waals surface area contributed by atoms with Crippen LogP contribution in [0.1, 0.15) is 20.3 Å². The van der Waals surface area contributed by atoms with Crippen LogP contribution < -0.4 is 5.73 Å². The molecule has 1 fully saturated rings. The third-order valence-electron chi connectivity index (χ3n) is 1.75. The molecular formula is C9H19NO2S. The Morgan fingerprint density at radius 2 is 2.31 bits per heavy atom. The molecule has 1 unspecified atom stereocenters. The Morgan fingerprint density at radius 3 is 2.85 bits per heavy atom. The number of nitrogens with two attached hydrogens (primary N) is 1. The van der Waals surface area contributed by atoms with Gasteiger partial charge in [0, 0.05) is 17.0 Å². The van der Waals surface area contributed by atoms with E-state index < -0.39 is 0 Å². The van der Waals surface area contributed by atoms with E-state index in [4.69, 9.17) is 15.2 Å². The van der Waals surface area contributed by atoms with Gasteiger partial charge >= 0.3 is 0 Å². The summed E-state index contributed by atoms with van der Waals surface area (Å²) in [5.74, 6) is 2.01. The smallest absolute Gasteiger partial charge is 0.147 e. The zero-order chi connectivity index (χ0) is 9.73. The average molecular weight is 205 g/mol. The topological polar surface area (TPSA) is 44.5 Å². The van der Waals surface area contributed by atoms with Crippen molar-refractivity contribution in [3.63, 3.8) is 0 Å². The Morgan fingerprint density at radius 1 is 1.54 bits per heavy atom. The molecule has 4 heteroatoms. The van der Waals surface area contributed by atoms with Crippen LogP contribution in [0.3, 0.4) is 0 Å². The summed E-state index contributed by atoms with van der Waals surface area (Å²) in [5, 5.41) is 0. The SMILES string of the molecule is CC(C)(N)CSCC1CCOCO1. The van der Waals surface area contributed by atoms with Crippen molar-refractivity contribution in [3.05, 3.63) is 0 Å². The highest BCUT2D eigenvalue weighted by Crippen LogP contribution is 2.16. The van der Waals surface area contributed by atoms with Crippen LogP contribution in [0.25, 0.3) is 0 Å². The molecule has 78 valence electrons. The van der Waals surface area contributed by atoms with Gasteiger partial charge in [-0.15, -0.1) is 0 Å². The Balaban J connectivity index is 2.04. The Bertz CT molecular complexity index is 141. The van der Waals surface area contributed by atoms with Crippen molar-refractivity contribution in [2.75, 3.05) is 24.9 Å². The molecule has 2 N–H and O–H groups in total. The van der Waals surface area contributed by atoms with Crippen LogP contribution in [-0.4, -0.2) is 36.5 Å². The molecule has 0 spiro atoms. The molecule has 0 bridgehead atoms. The van der Waals surface area contributed by atoms with Gasteiger partial charge in [-0.25, -0.2) is 0 Å². The van der Waals surface area contributed by atoms with Gasteiger partial charge in [0.25, 0.3) is 0 Å². The first kappa shape index (κ1) is 11.3. The van der Waals surface area contributed by atoms with Crippen LogP contribution in [0, 0.1) is 0 Å². The first-order valence-corrected chi connectivity index (χ1v) is 5.79. The lowest BCUT2D eigenvalue weighted by atomic mass is 10.1. The Hall–Kier alpha value is 0.230. The predicted octanol–water partition coefficient (Wildman–Crippen LogP) is 1.22. The number of rotatable bonds is 4. The van der Waals surface area contributed by atoms with E-state index in [-0.39, 0.29) is 5.54 Å². The van der Waals surface area contributed by atoms with E-state index in [1.807, 2.05) is 25.6 Å². The van der Waals surface area contributed by atoms with Gasteiger partial charge in [-0.2, -0.15) is 11.8 Å². The first-order chi connectivity index (χ1) is 6.08. The van der Waals surface area contributed by atoms with Gasteiger partial charge in [0.15, 0.2) is 0 Å². The van der Waals surface area contributed by atoms with Gasteiger partial charge in [-0.1, -0.05) is 0 Å². The van der Waals surface area contributed by atoms with E-state index in [1.54, 1.807) is 0 Å². The molecule has 0 radical (unpaired) electrons. The third-order valence-corrected chi connectivity index (χ3v) is 3.30. The van der Waals surface area contributed by atoms with Crippen LogP contribution in [-0.2, 0) is 9.47 Å². The second-order valence-corrected chi connectivity index (χ2v) is 5.14. The van der Waals surface area contributed by atoms with Gasteiger partial charge in [-0.3, -0.25) is 0 Å². The maximum absolute atomic E-state index is 5.86. The molecule has 1 aliphatic rings. The average Bonchev–Trinajstić information content (AvgIpc) is 2.04. The lowest BCUT2D eigenvalue weighted by Gasteiger charge is -2.24. The lowest BCUT2D eigenvalue weighted by Crippen LogP contribution is -2.35. The summed E-state index contributed by atoms with van der Waals surface area (Å²) in [5.41, 5.74) is 5.79. The van der Waals surface area contributed by atoms with Crippen molar-refractivity contribution in [1.29, 1.82) is 0 Å². The minimum atomic E-state index is -0.0736. The highest BCUT2D eigenvalue weighted by molar-refractivity contribution is 7.99. The molecule has 1 heterocycles. The minimum Gasteiger partial charge on any atom is -0.355 e. The number of hydrogen-bond donors (Lipinski definition) is 1. The van der Waals surface area contributed by atoms with E-state index in [2.05, 4.69) is 0 Å². The van der Waals surface area contributed by atoms with E-state index in [1.165, 1.54) is 0 Å². The Kier molecular flexibility index (Phi) is 4.52. The number of thioether (sulfide) groups is 1. The number of hydrogen-bond acceptors (Lipinski definition) is 4. The van der Waals surface area contributed by atoms with Crippen LogP contribution in [0.4, 0.5) is 0 Å². The zero-order valence-electron chi connectivity index (χ0n) is 8.41. The molecule has 0 aromatic heterocycles. The largest absolute Gasteiger partial charge is 0.355 e. The maximum atomic E-state index is 5.86. The van der Waals surface area contributed by atoms with E-state index >= 15 is 0 Å².